The molecule has 0 spiro atoms. The first-order valence-corrected chi connectivity index (χ1v) is 12.8. The number of aryl methyl sites for hydroxylation is 1. The minimum atomic E-state index is -2.06. The fourth-order valence-corrected chi connectivity index (χ4v) is 6.66. The van der Waals surface area contributed by atoms with E-state index in [0.717, 1.165) is 23.7 Å². The molecule has 1 aliphatic rings. The highest BCUT2D eigenvalue weighted by atomic mass is 28.4. The van der Waals surface area contributed by atoms with Crippen LogP contribution in [0.4, 0.5) is 4.39 Å². The Morgan fingerprint density at radius 3 is 2.07 bits per heavy atom. The predicted molar refractivity (Wildman–Crippen MR) is 114 cm³/mol. The minimum Gasteiger partial charge on any atom is -0.403 e. The van der Waals surface area contributed by atoms with Gasteiger partial charge < -0.3 is 4.43 Å². The maximum Gasteiger partial charge on any atom is 0.261 e. The van der Waals surface area contributed by atoms with Gasteiger partial charge in [-0.1, -0.05) is 50.6 Å². The number of amides is 2. The monoisotopic (exact) mass is 413 g/mol. The van der Waals surface area contributed by atoms with E-state index in [2.05, 4.69) is 20.8 Å². The molecule has 2 aromatic carbocycles. The van der Waals surface area contributed by atoms with Crippen molar-refractivity contribution in [3.8, 4) is 0 Å². The molecule has 2 amide bonds. The van der Waals surface area contributed by atoms with Crippen LogP contribution in [-0.2, 0) is 9.22 Å². The summed E-state index contributed by atoms with van der Waals surface area (Å²) in [5, 5.41) is 0. The number of halogens is 1. The molecule has 154 valence electrons. The van der Waals surface area contributed by atoms with Crippen molar-refractivity contribution in [2.45, 2.75) is 58.0 Å². The SMILES string of the molecule is CC[Si](CC)(CC)OC1C(=O)N(C(=O)c2ccc(C)cc2)C1c1ccc(F)cc1. The molecule has 3 rings (SSSR count). The molecule has 6 heteroatoms. The molecule has 1 heterocycles. The van der Waals surface area contributed by atoms with Crippen molar-refractivity contribution in [3.05, 3.63) is 71.0 Å². The molecule has 4 nitrogen and oxygen atoms in total. The summed E-state index contributed by atoms with van der Waals surface area (Å²) in [6.07, 6.45) is -0.693. The Bertz CT molecular complexity index is 870. The highest BCUT2D eigenvalue weighted by Crippen LogP contribution is 2.41. The van der Waals surface area contributed by atoms with Crippen molar-refractivity contribution in [1.29, 1.82) is 0 Å². The van der Waals surface area contributed by atoms with Crippen molar-refractivity contribution in [2.75, 3.05) is 0 Å². The molecule has 2 unspecified atom stereocenters. The van der Waals surface area contributed by atoms with Gasteiger partial charge in [-0.15, -0.1) is 0 Å². The number of nitrogens with zero attached hydrogens (tertiary/aromatic N) is 1. The van der Waals surface area contributed by atoms with Crippen molar-refractivity contribution < 1.29 is 18.4 Å². The largest absolute Gasteiger partial charge is 0.403 e. The van der Waals surface area contributed by atoms with Crippen molar-refractivity contribution >= 4 is 20.1 Å². The second-order valence-electron chi connectivity index (χ2n) is 7.66. The number of hydrogen-bond acceptors (Lipinski definition) is 3. The summed E-state index contributed by atoms with van der Waals surface area (Å²) >= 11 is 0. The third kappa shape index (κ3) is 4.05. The number of benzene rings is 2. The molecule has 2 atom stereocenters. The average molecular weight is 414 g/mol. The summed E-state index contributed by atoms with van der Waals surface area (Å²) in [7, 11) is -2.06. The number of β-lactam (4-membered cyclic amide) rings is 1. The molecule has 1 fully saturated rings. The standard InChI is InChI=1S/C23H28FNO3Si/c1-5-29(6-2,7-3)28-21-20(17-12-14-19(24)15-13-17)25(23(21)27)22(26)18-10-8-16(4)9-11-18/h8-15,20-21H,5-7H2,1-4H3. The maximum absolute atomic E-state index is 13.5. The summed E-state index contributed by atoms with van der Waals surface area (Å²) in [6, 6.07) is 15.3. The van der Waals surface area contributed by atoms with Crippen molar-refractivity contribution in [2.24, 2.45) is 0 Å². The fourth-order valence-electron chi connectivity index (χ4n) is 3.89. The van der Waals surface area contributed by atoms with Crippen LogP contribution in [0.5, 0.6) is 0 Å². The van der Waals surface area contributed by atoms with E-state index < -0.39 is 20.5 Å². The predicted octanol–water partition coefficient (Wildman–Crippen LogP) is 5.25. The number of hydrogen-bond donors (Lipinski definition) is 0. The third-order valence-corrected chi connectivity index (χ3v) is 10.7. The van der Waals surface area contributed by atoms with Gasteiger partial charge in [0.1, 0.15) is 5.82 Å². The lowest BCUT2D eigenvalue weighted by molar-refractivity contribution is -0.158. The minimum absolute atomic E-state index is 0.308. The molecule has 0 saturated carbocycles. The number of likely N-dealkylation sites (tertiary alicyclic amines) is 1. The summed E-state index contributed by atoms with van der Waals surface area (Å²) in [4.78, 5) is 27.4. The normalized spacial score (nSPS) is 19.2. The smallest absolute Gasteiger partial charge is 0.261 e. The zero-order valence-electron chi connectivity index (χ0n) is 17.4. The number of imide groups is 1. The molecule has 0 aliphatic carbocycles. The molecule has 0 N–H and O–H groups in total. The van der Waals surface area contributed by atoms with Crippen LogP contribution in [0.15, 0.2) is 48.5 Å². The fraction of sp³-hybridized carbons (Fsp3) is 0.391. The summed E-state index contributed by atoms with van der Waals surface area (Å²) in [6.45, 7) is 8.25. The van der Waals surface area contributed by atoms with Crippen LogP contribution in [0, 0.1) is 12.7 Å². The topological polar surface area (TPSA) is 46.6 Å². The van der Waals surface area contributed by atoms with Gasteiger partial charge in [0.05, 0.1) is 6.04 Å². The van der Waals surface area contributed by atoms with Gasteiger partial charge in [-0.25, -0.2) is 4.39 Å². The van der Waals surface area contributed by atoms with Gasteiger partial charge in [-0.2, -0.15) is 0 Å². The zero-order valence-corrected chi connectivity index (χ0v) is 18.4. The Morgan fingerprint density at radius 2 is 1.55 bits per heavy atom. The molecular formula is C23H28FNO3Si. The van der Waals surface area contributed by atoms with Crippen LogP contribution in [0.2, 0.25) is 18.1 Å². The van der Waals surface area contributed by atoms with Gasteiger partial charge in [0.15, 0.2) is 14.4 Å². The van der Waals surface area contributed by atoms with Gasteiger partial charge >= 0.3 is 0 Å². The summed E-state index contributed by atoms with van der Waals surface area (Å²) in [5.41, 5.74) is 2.21. The lowest BCUT2D eigenvalue weighted by atomic mass is 9.90. The number of carbonyl (C=O) groups excluding carboxylic acids is 2. The quantitative estimate of drug-likeness (QED) is 0.354. The summed E-state index contributed by atoms with van der Waals surface area (Å²) < 4.78 is 19.9. The van der Waals surface area contributed by atoms with E-state index in [1.165, 1.54) is 17.0 Å². The first-order chi connectivity index (χ1) is 13.9. The van der Waals surface area contributed by atoms with E-state index in [4.69, 9.17) is 4.43 Å². The van der Waals surface area contributed by atoms with E-state index >= 15 is 0 Å². The van der Waals surface area contributed by atoms with Gasteiger partial charge in [0.25, 0.3) is 11.8 Å². The van der Waals surface area contributed by atoms with Gasteiger partial charge in [0, 0.05) is 5.56 Å². The van der Waals surface area contributed by atoms with Crippen LogP contribution >= 0.6 is 0 Å². The second-order valence-corrected chi connectivity index (χ2v) is 12.4. The van der Waals surface area contributed by atoms with Gasteiger partial charge in [0.2, 0.25) is 0 Å². The molecular weight excluding hydrogens is 385 g/mol. The maximum atomic E-state index is 13.5. The Hall–Kier alpha value is -2.31. The Labute approximate surface area is 172 Å². The number of rotatable bonds is 7. The van der Waals surface area contributed by atoms with E-state index in [9.17, 15) is 14.0 Å². The van der Waals surface area contributed by atoms with Crippen LogP contribution in [0.25, 0.3) is 0 Å². The lowest BCUT2D eigenvalue weighted by Gasteiger charge is -2.48. The lowest BCUT2D eigenvalue weighted by Crippen LogP contribution is -2.64. The Morgan fingerprint density at radius 1 is 1.00 bits per heavy atom. The van der Waals surface area contributed by atoms with E-state index in [0.29, 0.717) is 11.1 Å². The van der Waals surface area contributed by atoms with Crippen LogP contribution in [0.1, 0.15) is 48.3 Å². The van der Waals surface area contributed by atoms with Gasteiger partial charge in [-0.05, 0) is 54.9 Å². The van der Waals surface area contributed by atoms with Crippen LogP contribution in [-0.4, -0.2) is 31.1 Å². The molecule has 0 bridgehead atoms. The number of carbonyl (C=O) groups is 2. The molecule has 0 radical (unpaired) electrons. The average Bonchev–Trinajstić information content (AvgIpc) is 2.74. The third-order valence-electron chi connectivity index (χ3n) is 6.08. The molecule has 1 saturated heterocycles. The molecule has 0 aromatic heterocycles. The summed E-state index contributed by atoms with van der Waals surface area (Å²) in [5.74, 6) is -1.01. The molecule has 2 aromatic rings. The Balaban J connectivity index is 1.95. The first kappa shape index (κ1) is 21.4. The van der Waals surface area contributed by atoms with E-state index in [-0.39, 0.29) is 17.6 Å². The van der Waals surface area contributed by atoms with Crippen LogP contribution in [0.3, 0.4) is 0 Å². The highest BCUT2D eigenvalue weighted by molar-refractivity contribution is 6.73. The van der Waals surface area contributed by atoms with E-state index in [1.54, 1.807) is 24.3 Å². The van der Waals surface area contributed by atoms with Gasteiger partial charge in [-0.3, -0.25) is 14.5 Å². The van der Waals surface area contributed by atoms with Crippen LogP contribution < -0.4 is 0 Å². The first-order valence-electron chi connectivity index (χ1n) is 10.2. The van der Waals surface area contributed by atoms with E-state index in [1.807, 2.05) is 19.1 Å². The molecule has 1 aliphatic heterocycles. The highest BCUT2D eigenvalue weighted by Gasteiger charge is 2.54. The van der Waals surface area contributed by atoms with Crippen molar-refractivity contribution in [3.63, 3.8) is 0 Å². The molecule has 29 heavy (non-hydrogen) atoms. The van der Waals surface area contributed by atoms with Crippen molar-refractivity contribution in [1.82, 2.24) is 4.90 Å². The Kier molecular flexibility index (Phi) is 6.34. The zero-order chi connectivity index (χ0) is 21.2. The second kappa shape index (κ2) is 8.59.